The number of anilines is 1. The maximum Gasteiger partial charge on any atom is 0.335 e. The predicted molar refractivity (Wildman–Crippen MR) is 90.0 cm³/mol. The number of nitrogens with one attached hydrogen (secondary N) is 1. The maximum absolute atomic E-state index is 11.8. The Hall–Kier alpha value is -1.60. The zero-order valence-electron chi connectivity index (χ0n) is 12.0. The molecule has 7 heteroatoms. The number of aromatic carboxylic acids is 1. The molecule has 1 aromatic rings. The van der Waals surface area contributed by atoms with Crippen LogP contribution >= 0.6 is 24.0 Å². The Bertz CT molecular complexity index is 513. The highest BCUT2D eigenvalue weighted by molar-refractivity contribution is 8.23. The lowest BCUT2D eigenvalue weighted by Crippen LogP contribution is -2.28. The molecule has 0 fully saturated rings. The molecular weight excluding hydrogens is 308 g/mol. The van der Waals surface area contributed by atoms with E-state index >= 15 is 0 Å². The van der Waals surface area contributed by atoms with E-state index in [9.17, 15) is 9.59 Å². The van der Waals surface area contributed by atoms with Gasteiger partial charge in [0.15, 0.2) is 0 Å². The zero-order chi connectivity index (χ0) is 15.8. The average molecular weight is 326 g/mol. The molecule has 0 aromatic heterocycles. The van der Waals surface area contributed by atoms with Crippen molar-refractivity contribution in [2.24, 2.45) is 0 Å². The average Bonchev–Trinajstić information content (AvgIpc) is 2.47. The molecule has 2 N–H and O–H groups in total. The van der Waals surface area contributed by atoms with Gasteiger partial charge in [0.1, 0.15) is 4.32 Å². The van der Waals surface area contributed by atoms with E-state index in [1.165, 1.54) is 23.9 Å². The summed E-state index contributed by atoms with van der Waals surface area (Å²) < 4.78 is 0.705. The maximum atomic E-state index is 11.8. The SMILES string of the molecule is CCN(CC)C(=S)SCC(=O)Nc1ccc(C(=O)O)cc1. The van der Waals surface area contributed by atoms with Crippen LogP contribution in [0, 0.1) is 0 Å². The van der Waals surface area contributed by atoms with E-state index in [2.05, 4.69) is 5.32 Å². The fourth-order valence-corrected chi connectivity index (χ4v) is 2.80. The molecule has 5 nitrogen and oxygen atoms in total. The zero-order valence-corrected chi connectivity index (χ0v) is 13.6. The Morgan fingerprint density at radius 2 is 1.81 bits per heavy atom. The quantitative estimate of drug-likeness (QED) is 0.783. The summed E-state index contributed by atoms with van der Waals surface area (Å²) in [5.41, 5.74) is 0.754. The van der Waals surface area contributed by atoms with Gasteiger partial charge in [-0.1, -0.05) is 24.0 Å². The van der Waals surface area contributed by atoms with Crippen molar-refractivity contribution in [1.29, 1.82) is 0 Å². The number of carbonyl (C=O) groups excluding carboxylic acids is 1. The number of rotatable bonds is 6. The first-order valence-corrected chi connectivity index (χ1v) is 7.92. The minimum absolute atomic E-state index is 0.169. The van der Waals surface area contributed by atoms with Gasteiger partial charge in [-0.3, -0.25) is 4.79 Å². The van der Waals surface area contributed by atoms with Crippen molar-refractivity contribution in [3.05, 3.63) is 29.8 Å². The molecule has 0 unspecified atom stereocenters. The lowest BCUT2D eigenvalue weighted by Gasteiger charge is -2.20. The van der Waals surface area contributed by atoms with Gasteiger partial charge in [-0.25, -0.2) is 4.79 Å². The minimum Gasteiger partial charge on any atom is -0.478 e. The van der Waals surface area contributed by atoms with Crippen LogP contribution in [0.25, 0.3) is 0 Å². The lowest BCUT2D eigenvalue weighted by atomic mass is 10.2. The molecule has 1 rings (SSSR count). The molecule has 0 aliphatic rings. The van der Waals surface area contributed by atoms with Gasteiger partial charge in [0.2, 0.25) is 5.91 Å². The molecular formula is C14H18N2O3S2. The highest BCUT2D eigenvalue weighted by Gasteiger charge is 2.10. The van der Waals surface area contributed by atoms with Crippen molar-refractivity contribution < 1.29 is 14.7 Å². The monoisotopic (exact) mass is 326 g/mol. The number of carboxylic acid groups (broad SMARTS) is 1. The summed E-state index contributed by atoms with van der Waals surface area (Å²) >= 11 is 6.57. The number of thiocarbonyl (C=S) groups is 1. The summed E-state index contributed by atoms with van der Waals surface area (Å²) in [5.74, 6) is -0.929. The second-order valence-electron chi connectivity index (χ2n) is 4.16. The van der Waals surface area contributed by atoms with Crippen LogP contribution in [0.15, 0.2) is 24.3 Å². The number of hydrogen-bond acceptors (Lipinski definition) is 4. The summed E-state index contributed by atoms with van der Waals surface area (Å²) in [6.07, 6.45) is 0. The van der Waals surface area contributed by atoms with E-state index in [1.807, 2.05) is 18.7 Å². The summed E-state index contributed by atoms with van der Waals surface area (Å²) in [7, 11) is 0. The molecule has 1 aromatic carbocycles. The molecule has 0 aliphatic heterocycles. The van der Waals surface area contributed by atoms with Gasteiger partial charge >= 0.3 is 5.97 Å². The van der Waals surface area contributed by atoms with Crippen molar-refractivity contribution in [1.82, 2.24) is 4.90 Å². The largest absolute Gasteiger partial charge is 0.478 e. The van der Waals surface area contributed by atoms with E-state index in [4.69, 9.17) is 17.3 Å². The Kier molecular flexibility index (Phi) is 7.18. The van der Waals surface area contributed by atoms with Crippen LogP contribution in [-0.2, 0) is 4.79 Å². The molecule has 0 saturated carbocycles. The lowest BCUT2D eigenvalue weighted by molar-refractivity contribution is -0.113. The second-order valence-corrected chi connectivity index (χ2v) is 5.77. The second kappa shape index (κ2) is 8.63. The molecule has 21 heavy (non-hydrogen) atoms. The van der Waals surface area contributed by atoms with Crippen LogP contribution in [0.2, 0.25) is 0 Å². The molecule has 0 spiro atoms. The molecule has 0 atom stereocenters. The van der Waals surface area contributed by atoms with Crippen LogP contribution in [0.5, 0.6) is 0 Å². The summed E-state index contributed by atoms with van der Waals surface area (Å²) in [5, 5.41) is 11.5. The molecule has 0 bridgehead atoms. The fourth-order valence-electron chi connectivity index (χ4n) is 1.59. The van der Waals surface area contributed by atoms with Gasteiger partial charge < -0.3 is 15.3 Å². The first-order valence-electron chi connectivity index (χ1n) is 6.52. The normalized spacial score (nSPS) is 10.0. The Morgan fingerprint density at radius 1 is 1.24 bits per heavy atom. The van der Waals surface area contributed by atoms with Crippen LogP contribution < -0.4 is 5.32 Å². The molecule has 0 aliphatic carbocycles. The Balaban J connectivity index is 2.47. The first-order chi connectivity index (χ1) is 9.97. The Morgan fingerprint density at radius 3 is 2.29 bits per heavy atom. The van der Waals surface area contributed by atoms with Crippen molar-refractivity contribution in [3.63, 3.8) is 0 Å². The number of hydrogen-bond donors (Lipinski definition) is 2. The van der Waals surface area contributed by atoms with E-state index in [-0.39, 0.29) is 17.2 Å². The number of amides is 1. The summed E-state index contributed by atoms with van der Waals surface area (Å²) in [6.45, 7) is 5.67. The summed E-state index contributed by atoms with van der Waals surface area (Å²) in [6, 6.07) is 6.03. The van der Waals surface area contributed by atoms with Crippen LogP contribution in [-0.4, -0.2) is 45.0 Å². The Labute approximate surface area is 133 Å². The van der Waals surface area contributed by atoms with Crippen molar-refractivity contribution in [2.75, 3.05) is 24.2 Å². The minimum atomic E-state index is -0.993. The molecule has 0 saturated heterocycles. The molecule has 0 radical (unpaired) electrons. The highest BCUT2D eigenvalue weighted by atomic mass is 32.2. The predicted octanol–water partition coefficient (Wildman–Crippen LogP) is 2.68. The van der Waals surface area contributed by atoms with Gasteiger partial charge in [0.25, 0.3) is 0 Å². The van der Waals surface area contributed by atoms with Gasteiger partial charge in [-0.05, 0) is 38.1 Å². The van der Waals surface area contributed by atoms with Gasteiger partial charge in [-0.2, -0.15) is 0 Å². The number of thioether (sulfide) groups is 1. The standard InChI is InChI=1S/C14H18N2O3S2/c1-3-16(4-2)14(20)21-9-12(17)15-11-7-5-10(6-8-11)13(18)19/h5-8H,3-4,9H2,1-2H3,(H,15,17)(H,18,19). The summed E-state index contributed by atoms with van der Waals surface area (Å²) in [4.78, 5) is 24.5. The number of carboxylic acids is 1. The van der Waals surface area contributed by atoms with E-state index in [0.29, 0.717) is 10.0 Å². The number of benzene rings is 1. The van der Waals surface area contributed by atoms with Gasteiger partial charge in [0.05, 0.1) is 11.3 Å². The number of nitrogens with zero attached hydrogens (tertiary/aromatic N) is 1. The highest BCUT2D eigenvalue weighted by Crippen LogP contribution is 2.12. The van der Waals surface area contributed by atoms with E-state index < -0.39 is 5.97 Å². The van der Waals surface area contributed by atoms with Crippen molar-refractivity contribution >= 4 is 45.9 Å². The third-order valence-corrected chi connectivity index (χ3v) is 4.29. The van der Waals surface area contributed by atoms with Gasteiger partial charge in [-0.15, -0.1) is 0 Å². The van der Waals surface area contributed by atoms with Crippen LogP contribution in [0.3, 0.4) is 0 Å². The topological polar surface area (TPSA) is 69.6 Å². The third-order valence-electron chi connectivity index (χ3n) is 2.76. The molecule has 1 amide bonds. The fraction of sp³-hybridized carbons (Fsp3) is 0.357. The molecule has 114 valence electrons. The van der Waals surface area contributed by atoms with Crippen LogP contribution in [0.1, 0.15) is 24.2 Å². The van der Waals surface area contributed by atoms with E-state index in [0.717, 1.165) is 13.1 Å². The first kappa shape index (κ1) is 17.5. The number of carbonyl (C=O) groups is 2. The van der Waals surface area contributed by atoms with Crippen molar-refractivity contribution in [2.45, 2.75) is 13.8 Å². The van der Waals surface area contributed by atoms with Crippen molar-refractivity contribution in [3.8, 4) is 0 Å². The van der Waals surface area contributed by atoms with E-state index in [1.54, 1.807) is 12.1 Å². The van der Waals surface area contributed by atoms with Crippen LogP contribution in [0.4, 0.5) is 5.69 Å². The van der Waals surface area contributed by atoms with Gasteiger partial charge in [0, 0.05) is 18.8 Å². The smallest absolute Gasteiger partial charge is 0.335 e. The third kappa shape index (κ3) is 5.73. The molecule has 0 heterocycles.